The van der Waals surface area contributed by atoms with Crippen LogP contribution in [0.5, 0.6) is 5.75 Å². The van der Waals surface area contributed by atoms with Crippen molar-refractivity contribution >= 4 is 23.0 Å². The summed E-state index contributed by atoms with van der Waals surface area (Å²) in [7, 11) is 1.52. The van der Waals surface area contributed by atoms with Gasteiger partial charge in [0, 0.05) is 24.7 Å². The molecule has 0 bridgehead atoms. The Morgan fingerprint density at radius 3 is 2.58 bits per heavy atom. The summed E-state index contributed by atoms with van der Waals surface area (Å²) >= 11 is 0. The molecule has 1 aliphatic rings. The quantitative estimate of drug-likeness (QED) is 0.650. The number of carbonyl (C=O) groups is 1. The predicted molar refractivity (Wildman–Crippen MR) is 100 cm³/mol. The summed E-state index contributed by atoms with van der Waals surface area (Å²) in [5, 5.41) is 14.3. The SMILES string of the molecule is COc1ccccc1NC(=O)c1ccc(N2CCCCC2)c([N+](=O)[O-])c1. The third kappa shape index (κ3) is 3.77. The zero-order valence-electron chi connectivity index (χ0n) is 14.6. The van der Waals surface area contributed by atoms with Crippen molar-refractivity contribution in [2.75, 3.05) is 30.4 Å². The summed E-state index contributed by atoms with van der Waals surface area (Å²) < 4.78 is 5.21. The molecule has 1 N–H and O–H groups in total. The number of anilines is 2. The second kappa shape index (κ2) is 7.86. The lowest BCUT2D eigenvalue weighted by molar-refractivity contribution is -0.384. The van der Waals surface area contributed by atoms with Crippen LogP contribution in [0, 0.1) is 10.1 Å². The zero-order valence-corrected chi connectivity index (χ0v) is 14.6. The third-order valence-corrected chi connectivity index (χ3v) is 4.49. The summed E-state index contributed by atoms with van der Waals surface area (Å²) in [5.41, 5.74) is 1.29. The Bertz CT molecular complexity index is 816. The Hall–Kier alpha value is -3.09. The number of ether oxygens (including phenoxy) is 1. The van der Waals surface area contributed by atoms with Gasteiger partial charge >= 0.3 is 0 Å². The van der Waals surface area contributed by atoms with Crippen molar-refractivity contribution < 1.29 is 14.5 Å². The van der Waals surface area contributed by atoms with Gasteiger partial charge in [0.05, 0.1) is 17.7 Å². The molecule has 1 saturated heterocycles. The van der Waals surface area contributed by atoms with Gasteiger partial charge in [-0.3, -0.25) is 14.9 Å². The van der Waals surface area contributed by atoms with Crippen LogP contribution >= 0.6 is 0 Å². The van der Waals surface area contributed by atoms with Crippen LogP contribution in [0.2, 0.25) is 0 Å². The third-order valence-electron chi connectivity index (χ3n) is 4.49. The van der Waals surface area contributed by atoms with E-state index in [2.05, 4.69) is 5.32 Å². The smallest absolute Gasteiger partial charge is 0.293 e. The number of amides is 1. The maximum atomic E-state index is 12.5. The second-order valence-corrected chi connectivity index (χ2v) is 6.16. The maximum Gasteiger partial charge on any atom is 0.293 e. The first-order valence-corrected chi connectivity index (χ1v) is 8.58. The van der Waals surface area contributed by atoms with Gasteiger partial charge < -0.3 is 15.0 Å². The molecule has 26 heavy (non-hydrogen) atoms. The summed E-state index contributed by atoms with van der Waals surface area (Å²) in [6.07, 6.45) is 3.18. The average molecular weight is 355 g/mol. The first kappa shape index (κ1) is 17.7. The Balaban J connectivity index is 1.87. The molecule has 2 aromatic rings. The van der Waals surface area contributed by atoms with Crippen molar-refractivity contribution in [2.45, 2.75) is 19.3 Å². The first-order chi connectivity index (χ1) is 12.6. The Kier molecular flexibility index (Phi) is 5.36. The molecule has 0 saturated carbocycles. The fourth-order valence-electron chi connectivity index (χ4n) is 3.16. The molecule has 1 heterocycles. The van der Waals surface area contributed by atoms with Gasteiger partial charge in [0.1, 0.15) is 11.4 Å². The molecular formula is C19H21N3O4. The number of benzene rings is 2. The summed E-state index contributed by atoms with van der Waals surface area (Å²) in [6, 6.07) is 11.7. The molecule has 0 atom stereocenters. The van der Waals surface area contributed by atoms with Crippen LogP contribution in [0.3, 0.4) is 0 Å². The van der Waals surface area contributed by atoms with E-state index in [-0.39, 0.29) is 11.3 Å². The van der Waals surface area contributed by atoms with E-state index in [0.717, 1.165) is 32.4 Å². The van der Waals surface area contributed by atoms with E-state index in [9.17, 15) is 14.9 Å². The van der Waals surface area contributed by atoms with Crippen LogP contribution in [0.25, 0.3) is 0 Å². The average Bonchev–Trinajstić information content (AvgIpc) is 2.68. The molecule has 1 fully saturated rings. The number of nitro groups is 1. The van der Waals surface area contributed by atoms with Crippen molar-refractivity contribution in [3.8, 4) is 5.75 Å². The maximum absolute atomic E-state index is 12.5. The Morgan fingerprint density at radius 1 is 1.15 bits per heavy atom. The van der Waals surface area contributed by atoms with Gasteiger partial charge in [-0.25, -0.2) is 0 Å². The van der Waals surface area contributed by atoms with Crippen molar-refractivity contribution in [1.29, 1.82) is 0 Å². The van der Waals surface area contributed by atoms with Gasteiger partial charge in [-0.15, -0.1) is 0 Å². The minimum absolute atomic E-state index is 0.0421. The minimum Gasteiger partial charge on any atom is -0.495 e. The van der Waals surface area contributed by atoms with E-state index in [4.69, 9.17) is 4.74 Å². The van der Waals surface area contributed by atoms with Gasteiger partial charge in [-0.2, -0.15) is 0 Å². The number of hydrogen-bond acceptors (Lipinski definition) is 5. The monoisotopic (exact) mass is 355 g/mol. The molecule has 0 radical (unpaired) electrons. The number of methoxy groups -OCH3 is 1. The first-order valence-electron chi connectivity index (χ1n) is 8.58. The van der Waals surface area contributed by atoms with Crippen molar-refractivity contribution in [2.24, 2.45) is 0 Å². The van der Waals surface area contributed by atoms with Crippen LogP contribution in [0.4, 0.5) is 17.1 Å². The number of rotatable bonds is 5. The number of piperidine rings is 1. The number of nitrogens with zero attached hydrogens (tertiary/aromatic N) is 2. The highest BCUT2D eigenvalue weighted by Crippen LogP contribution is 2.32. The van der Waals surface area contributed by atoms with E-state index in [0.29, 0.717) is 17.1 Å². The predicted octanol–water partition coefficient (Wildman–Crippen LogP) is 3.85. The number of nitrogens with one attached hydrogen (secondary N) is 1. The van der Waals surface area contributed by atoms with Crippen molar-refractivity contribution in [3.05, 3.63) is 58.1 Å². The molecule has 0 aromatic heterocycles. The number of nitro benzene ring substituents is 1. The molecule has 7 nitrogen and oxygen atoms in total. The van der Waals surface area contributed by atoms with Crippen LogP contribution < -0.4 is 15.0 Å². The van der Waals surface area contributed by atoms with E-state index in [1.54, 1.807) is 36.4 Å². The summed E-state index contributed by atoms with van der Waals surface area (Å²) in [6.45, 7) is 1.60. The molecule has 1 amide bonds. The van der Waals surface area contributed by atoms with Crippen LogP contribution in [-0.4, -0.2) is 31.0 Å². The van der Waals surface area contributed by atoms with E-state index in [1.807, 2.05) is 4.90 Å². The van der Waals surface area contributed by atoms with Gasteiger partial charge in [-0.1, -0.05) is 12.1 Å². The highest BCUT2D eigenvalue weighted by Gasteiger charge is 2.23. The lowest BCUT2D eigenvalue weighted by Gasteiger charge is -2.28. The fourth-order valence-corrected chi connectivity index (χ4v) is 3.16. The standard InChI is InChI=1S/C19H21N3O4/c1-26-18-8-4-3-7-15(18)20-19(23)14-9-10-16(17(13-14)22(24)25)21-11-5-2-6-12-21/h3-4,7-10,13H,2,5-6,11-12H2,1H3,(H,20,23). The molecule has 2 aromatic carbocycles. The molecule has 1 aliphatic heterocycles. The van der Waals surface area contributed by atoms with Crippen LogP contribution in [0.15, 0.2) is 42.5 Å². The lowest BCUT2D eigenvalue weighted by Crippen LogP contribution is -2.30. The Morgan fingerprint density at radius 2 is 1.88 bits per heavy atom. The molecule has 136 valence electrons. The minimum atomic E-state index is -0.427. The highest BCUT2D eigenvalue weighted by molar-refractivity contribution is 6.05. The molecule has 0 spiro atoms. The number of carbonyl (C=O) groups excluding carboxylic acids is 1. The van der Waals surface area contributed by atoms with Crippen molar-refractivity contribution in [1.82, 2.24) is 0 Å². The summed E-state index contributed by atoms with van der Waals surface area (Å²) in [5.74, 6) is 0.114. The molecule has 0 unspecified atom stereocenters. The summed E-state index contributed by atoms with van der Waals surface area (Å²) in [4.78, 5) is 25.7. The largest absolute Gasteiger partial charge is 0.495 e. The van der Waals surface area contributed by atoms with Gasteiger partial charge in [0.25, 0.3) is 11.6 Å². The Labute approximate surface area is 151 Å². The lowest BCUT2D eigenvalue weighted by atomic mass is 10.1. The number of hydrogen-bond donors (Lipinski definition) is 1. The second-order valence-electron chi connectivity index (χ2n) is 6.16. The number of para-hydroxylation sites is 2. The highest BCUT2D eigenvalue weighted by atomic mass is 16.6. The van der Waals surface area contributed by atoms with Crippen LogP contribution in [0.1, 0.15) is 29.6 Å². The topological polar surface area (TPSA) is 84.7 Å². The van der Waals surface area contributed by atoms with E-state index < -0.39 is 10.8 Å². The normalized spacial score (nSPS) is 14.0. The molecular weight excluding hydrogens is 334 g/mol. The zero-order chi connectivity index (χ0) is 18.5. The van der Waals surface area contributed by atoms with Gasteiger partial charge in [0.15, 0.2) is 0 Å². The van der Waals surface area contributed by atoms with Gasteiger partial charge in [0.2, 0.25) is 0 Å². The van der Waals surface area contributed by atoms with E-state index >= 15 is 0 Å². The van der Waals surface area contributed by atoms with Gasteiger partial charge in [-0.05, 0) is 43.5 Å². The fraction of sp³-hybridized carbons (Fsp3) is 0.316. The molecule has 0 aliphatic carbocycles. The molecule has 7 heteroatoms. The molecule has 3 rings (SSSR count). The van der Waals surface area contributed by atoms with Crippen molar-refractivity contribution in [3.63, 3.8) is 0 Å². The van der Waals surface area contributed by atoms with Crippen LogP contribution in [-0.2, 0) is 0 Å². The van der Waals surface area contributed by atoms with E-state index in [1.165, 1.54) is 13.2 Å².